The number of hydrogen-bond acceptors (Lipinski definition) is 3. The largest absolute Gasteiger partial charge is 0.573 e. The average Bonchev–Trinajstić information content (AvgIpc) is 2.71. The number of para-hydroxylation sites is 1. The zero-order chi connectivity index (χ0) is 14.8. The zero-order valence-corrected chi connectivity index (χ0v) is 10.4. The summed E-state index contributed by atoms with van der Waals surface area (Å²) in [5, 5.41) is 0. The van der Waals surface area contributed by atoms with Crippen molar-refractivity contribution in [1.29, 1.82) is 0 Å². The van der Waals surface area contributed by atoms with Gasteiger partial charge < -0.3 is 15.0 Å². The summed E-state index contributed by atoms with van der Waals surface area (Å²) in [5.74, 6) is -0.0846. The van der Waals surface area contributed by atoms with Crippen LogP contribution in [0.15, 0.2) is 43.2 Å². The first-order valence-corrected chi connectivity index (χ1v) is 5.69. The summed E-state index contributed by atoms with van der Waals surface area (Å²) >= 11 is 0. The molecule has 7 heteroatoms. The Bertz CT molecular complexity index is 620. The molecule has 0 fully saturated rings. The van der Waals surface area contributed by atoms with Crippen LogP contribution >= 0.6 is 0 Å². The van der Waals surface area contributed by atoms with Gasteiger partial charge in [-0.3, -0.25) is 0 Å². The molecule has 0 amide bonds. The standard InChI is InChI=1S/C13H12F3N3O/c1-2-7-19-8-18-11(12(19)17)9-5-3-4-6-10(9)20-13(14,15)16/h2-6,8H,1,7,17H2. The lowest BCUT2D eigenvalue weighted by molar-refractivity contribution is -0.274. The number of ether oxygens (including phenoxy) is 1. The third-order valence-electron chi connectivity index (χ3n) is 2.57. The van der Waals surface area contributed by atoms with Gasteiger partial charge in [0.1, 0.15) is 17.3 Å². The van der Waals surface area contributed by atoms with E-state index in [9.17, 15) is 13.2 Å². The van der Waals surface area contributed by atoms with Crippen molar-refractivity contribution in [1.82, 2.24) is 9.55 Å². The number of anilines is 1. The van der Waals surface area contributed by atoms with E-state index in [0.29, 0.717) is 6.54 Å². The van der Waals surface area contributed by atoms with E-state index >= 15 is 0 Å². The predicted molar refractivity (Wildman–Crippen MR) is 69.0 cm³/mol. The number of nitrogen functional groups attached to an aromatic ring is 1. The normalized spacial score (nSPS) is 11.3. The molecule has 1 aromatic heterocycles. The first-order valence-electron chi connectivity index (χ1n) is 5.69. The summed E-state index contributed by atoms with van der Waals surface area (Å²) in [7, 11) is 0. The van der Waals surface area contributed by atoms with Crippen LogP contribution in [-0.4, -0.2) is 15.9 Å². The lowest BCUT2D eigenvalue weighted by atomic mass is 10.1. The molecule has 0 saturated carbocycles. The molecule has 0 saturated heterocycles. The van der Waals surface area contributed by atoms with Gasteiger partial charge in [-0.05, 0) is 12.1 Å². The Morgan fingerprint density at radius 2 is 2.05 bits per heavy atom. The molecular weight excluding hydrogens is 271 g/mol. The number of alkyl halides is 3. The summed E-state index contributed by atoms with van der Waals surface area (Å²) in [6.07, 6.45) is -1.72. The Kier molecular flexibility index (Phi) is 3.69. The lowest BCUT2D eigenvalue weighted by Crippen LogP contribution is -2.17. The minimum Gasteiger partial charge on any atom is -0.405 e. The van der Waals surface area contributed by atoms with Gasteiger partial charge in [-0.25, -0.2) is 4.98 Å². The number of nitrogens with two attached hydrogens (primary N) is 1. The fourth-order valence-electron chi connectivity index (χ4n) is 1.76. The van der Waals surface area contributed by atoms with Gasteiger partial charge in [-0.15, -0.1) is 19.8 Å². The monoisotopic (exact) mass is 283 g/mol. The maximum atomic E-state index is 12.4. The minimum absolute atomic E-state index is 0.185. The molecule has 0 radical (unpaired) electrons. The Morgan fingerprint density at radius 3 is 2.70 bits per heavy atom. The van der Waals surface area contributed by atoms with Crippen LogP contribution in [0.4, 0.5) is 19.0 Å². The highest BCUT2D eigenvalue weighted by molar-refractivity contribution is 5.75. The Morgan fingerprint density at radius 1 is 1.35 bits per heavy atom. The third-order valence-corrected chi connectivity index (χ3v) is 2.57. The van der Waals surface area contributed by atoms with Gasteiger partial charge in [0.05, 0.1) is 6.33 Å². The quantitative estimate of drug-likeness (QED) is 0.876. The van der Waals surface area contributed by atoms with Crippen LogP contribution in [0.1, 0.15) is 0 Å². The Hall–Kier alpha value is -2.44. The van der Waals surface area contributed by atoms with Crippen molar-refractivity contribution in [3.8, 4) is 17.0 Å². The summed E-state index contributed by atoms with van der Waals surface area (Å²) in [6.45, 7) is 3.99. The highest BCUT2D eigenvalue weighted by Gasteiger charge is 2.32. The summed E-state index contributed by atoms with van der Waals surface area (Å²) in [6, 6.07) is 5.72. The van der Waals surface area contributed by atoms with Crippen LogP contribution < -0.4 is 10.5 Å². The number of nitrogens with zero attached hydrogens (tertiary/aromatic N) is 2. The van der Waals surface area contributed by atoms with Crippen molar-refractivity contribution in [2.24, 2.45) is 0 Å². The molecule has 0 spiro atoms. The molecule has 2 rings (SSSR count). The van der Waals surface area contributed by atoms with E-state index in [0.717, 1.165) is 0 Å². The van der Waals surface area contributed by atoms with Crippen LogP contribution in [0.25, 0.3) is 11.3 Å². The maximum Gasteiger partial charge on any atom is 0.573 e. The van der Waals surface area contributed by atoms with E-state index in [-0.39, 0.29) is 22.8 Å². The lowest BCUT2D eigenvalue weighted by Gasteiger charge is -2.12. The van der Waals surface area contributed by atoms with Crippen molar-refractivity contribution >= 4 is 5.82 Å². The number of benzene rings is 1. The molecule has 0 aliphatic rings. The fourth-order valence-corrected chi connectivity index (χ4v) is 1.76. The second-order valence-corrected chi connectivity index (χ2v) is 3.96. The van der Waals surface area contributed by atoms with Gasteiger partial charge in [0.2, 0.25) is 0 Å². The molecule has 1 heterocycles. The van der Waals surface area contributed by atoms with Crippen molar-refractivity contribution in [3.63, 3.8) is 0 Å². The van der Waals surface area contributed by atoms with Gasteiger partial charge in [0.15, 0.2) is 0 Å². The average molecular weight is 283 g/mol. The first kappa shape index (κ1) is 14.0. The summed E-state index contributed by atoms with van der Waals surface area (Å²) in [5.41, 5.74) is 6.30. The number of imidazole rings is 1. The molecular formula is C13H12F3N3O. The van der Waals surface area contributed by atoms with E-state index in [1.807, 2.05) is 0 Å². The van der Waals surface area contributed by atoms with Crippen LogP contribution in [0.3, 0.4) is 0 Å². The molecule has 2 aromatic rings. The number of aromatic nitrogens is 2. The molecule has 0 unspecified atom stereocenters. The second-order valence-electron chi connectivity index (χ2n) is 3.96. The van der Waals surface area contributed by atoms with Crippen molar-refractivity contribution in [2.75, 3.05) is 5.73 Å². The zero-order valence-electron chi connectivity index (χ0n) is 10.4. The summed E-state index contributed by atoms with van der Waals surface area (Å²) in [4.78, 5) is 4.04. The summed E-state index contributed by atoms with van der Waals surface area (Å²) < 4.78 is 42.7. The van der Waals surface area contributed by atoms with Crippen LogP contribution in [0.2, 0.25) is 0 Å². The SMILES string of the molecule is C=CCn1cnc(-c2ccccc2OC(F)(F)F)c1N. The molecule has 0 atom stereocenters. The first-order chi connectivity index (χ1) is 9.42. The van der Waals surface area contributed by atoms with Gasteiger partial charge in [-0.1, -0.05) is 18.2 Å². The number of hydrogen-bond donors (Lipinski definition) is 1. The minimum atomic E-state index is -4.77. The molecule has 0 aliphatic heterocycles. The smallest absolute Gasteiger partial charge is 0.405 e. The maximum absolute atomic E-state index is 12.4. The third kappa shape index (κ3) is 2.93. The van der Waals surface area contributed by atoms with E-state index in [2.05, 4.69) is 16.3 Å². The molecule has 106 valence electrons. The van der Waals surface area contributed by atoms with Crippen molar-refractivity contribution in [3.05, 3.63) is 43.2 Å². The molecule has 2 N–H and O–H groups in total. The Labute approximate surface area is 113 Å². The van der Waals surface area contributed by atoms with Gasteiger partial charge >= 0.3 is 6.36 Å². The highest BCUT2D eigenvalue weighted by Crippen LogP contribution is 2.35. The Balaban J connectivity index is 2.45. The number of allylic oxidation sites excluding steroid dienone is 1. The predicted octanol–water partition coefficient (Wildman–Crippen LogP) is 3.22. The highest BCUT2D eigenvalue weighted by atomic mass is 19.4. The van der Waals surface area contributed by atoms with E-state index < -0.39 is 6.36 Å². The fraction of sp³-hybridized carbons (Fsp3) is 0.154. The van der Waals surface area contributed by atoms with E-state index in [4.69, 9.17) is 5.73 Å². The molecule has 4 nitrogen and oxygen atoms in total. The van der Waals surface area contributed by atoms with Crippen molar-refractivity contribution in [2.45, 2.75) is 12.9 Å². The van der Waals surface area contributed by atoms with Crippen LogP contribution in [0, 0.1) is 0 Å². The molecule has 20 heavy (non-hydrogen) atoms. The van der Waals surface area contributed by atoms with Gasteiger partial charge in [0, 0.05) is 12.1 Å². The van der Waals surface area contributed by atoms with Crippen molar-refractivity contribution < 1.29 is 17.9 Å². The van der Waals surface area contributed by atoms with Gasteiger partial charge in [-0.2, -0.15) is 0 Å². The van der Waals surface area contributed by atoms with Crippen LogP contribution in [-0.2, 0) is 6.54 Å². The van der Waals surface area contributed by atoms with Crippen LogP contribution in [0.5, 0.6) is 5.75 Å². The molecule has 1 aromatic carbocycles. The van der Waals surface area contributed by atoms with E-state index in [1.54, 1.807) is 16.7 Å². The second kappa shape index (κ2) is 5.28. The number of halogens is 3. The number of rotatable bonds is 4. The van der Waals surface area contributed by atoms with E-state index in [1.165, 1.54) is 24.5 Å². The van der Waals surface area contributed by atoms with Gasteiger partial charge in [0.25, 0.3) is 0 Å². The topological polar surface area (TPSA) is 53.1 Å². The molecule has 0 bridgehead atoms. The molecule has 0 aliphatic carbocycles.